The van der Waals surface area contributed by atoms with Crippen LogP contribution in [0.25, 0.3) is 0 Å². The van der Waals surface area contributed by atoms with Gasteiger partial charge in [-0.1, -0.05) is 48.5 Å². The van der Waals surface area contributed by atoms with Crippen LogP contribution in [0.4, 0.5) is 5.69 Å². The lowest BCUT2D eigenvalue weighted by molar-refractivity contribution is 0.959. The van der Waals surface area contributed by atoms with Crippen LogP contribution >= 0.6 is 0 Å². The van der Waals surface area contributed by atoms with Crippen molar-refractivity contribution in [3.63, 3.8) is 0 Å². The van der Waals surface area contributed by atoms with Gasteiger partial charge >= 0.3 is 0 Å². The van der Waals surface area contributed by atoms with Gasteiger partial charge < -0.3 is 10.6 Å². The Hall–Kier alpha value is -2.29. The van der Waals surface area contributed by atoms with Crippen molar-refractivity contribution in [1.82, 2.24) is 5.32 Å². The van der Waals surface area contributed by atoms with Gasteiger partial charge in [0.2, 0.25) is 0 Å². The fourth-order valence-electron chi connectivity index (χ4n) is 2.22. The Morgan fingerprint density at radius 3 is 2.58 bits per heavy atom. The highest BCUT2D eigenvalue weighted by atomic mass is 15.2. The molecule has 1 heterocycles. The number of guanidine groups is 1. The second kappa shape index (κ2) is 5.57. The fourth-order valence-corrected chi connectivity index (χ4v) is 2.22. The molecule has 3 heteroatoms. The lowest BCUT2D eigenvalue weighted by Crippen LogP contribution is -2.26. The molecule has 0 saturated heterocycles. The molecule has 0 bridgehead atoms. The molecule has 0 saturated carbocycles. The monoisotopic (exact) mass is 251 g/mol. The zero-order valence-corrected chi connectivity index (χ0v) is 10.8. The van der Waals surface area contributed by atoms with E-state index >= 15 is 0 Å². The van der Waals surface area contributed by atoms with Crippen LogP contribution < -0.4 is 10.6 Å². The molecule has 0 radical (unpaired) electrons. The number of para-hydroxylation sites is 1. The van der Waals surface area contributed by atoms with E-state index < -0.39 is 0 Å². The Kier molecular flexibility index (Phi) is 3.45. The Morgan fingerprint density at radius 2 is 1.79 bits per heavy atom. The lowest BCUT2D eigenvalue weighted by Gasteiger charge is -2.12. The first kappa shape index (κ1) is 11.8. The second-order valence-electron chi connectivity index (χ2n) is 4.60. The van der Waals surface area contributed by atoms with Gasteiger partial charge in [0.1, 0.15) is 0 Å². The van der Waals surface area contributed by atoms with Gasteiger partial charge in [-0.25, -0.2) is 0 Å². The summed E-state index contributed by atoms with van der Waals surface area (Å²) >= 11 is 0. The number of nitrogens with one attached hydrogen (secondary N) is 2. The summed E-state index contributed by atoms with van der Waals surface area (Å²) in [5, 5.41) is 6.60. The van der Waals surface area contributed by atoms with Gasteiger partial charge in [0.25, 0.3) is 0 Å². The standard InChI is InChI=1S/C16H17N3/c1-2-6-13(7-3-1)12-14-8-4-5-9-15(14)19-16-17-10-11-18-16/h1-9H,10-12H2,(H2,17,18,19). The molecular formula is C16H17N3. The molecule has 0 atom stereocenters. The molecule has 1 aliphatic rings. The molecule has 0 unspecified atom stereocenters. The average Bonchev–Trinajstić information content (AvgIpc) is 2.95. The number of aliphatic imine (C=N–C) groups is 1. The zero-order chi connectivity index (χ0) is 12.9. The van der Waals surface area contributed by atoms with Crippen molar-refractivity contribution < 1.29 is 0 Å². The number of benzene rings is 2. The molecule has 3 rings (SSSR count). The molecule has 3 nitrogen and oxygen atoms in total. The van der Waals surface area contributed by atoms with Crippen molar-refractivity contribution in [2.75, 3.05) is 18.4 Å². The van der Waals surface area contributed by atoms with E-state index in [-0.39, 0.29) is 0 Å². The number of hydrogen-bond donors (Lipinski definition) is 2. The van der Waals surface area contributed by atoms with E-state index in [1.165, 1.54) is 11.1 Å². The highest BCUT2D eigenvalue weighted by molar-refractivity contribution is 5.95. The maximum absolute atomic E-state index is 4.37. The van der Waals surface area contributed by atoms with Crippen LogP contribution in [0.2, 0.25) is 0 Å². The minimum atomic E-state index is 0.850. The SMILES string of the molecule is c1ccc(Cc2ccccc2NC2=NCCN2)cc1. The summed E-state index contributed by atoms with van der Waals surface area (Å²) in [6, 6.07) is 18.9. The van der Waals surface area contributed by atoms with E-state index in [2.05, 4.69) is 58.1 Å². The largest absolute Gasteiger partial charge is 0.354 e. The van der Waals surface area contributed by atoms with Crippen molar-refractivity contribution in [1.29, 1.82) is 0 Å². The number of nitrogens with zero attached hydrogens (tertiary/aromatic N) is 1. The van der Waals surface area contributed by atoms with Crippen molar-refractivity contribution in [3.8, 4) is 0 Å². The Balaban J connectivity index is 1.81. The smallest absolute Gasteiger partial charge is 0.195 e. The highest BCUT2D eigenvalue weighted by Gasteiger charge is 2.08. The minimum Gasteiger partial charge on any atom is -0.354 e. The lowest BCUT2D eigenvalue weighted by atomic mass is 10.0. The number of anilines is 1. The molecule has 0 aromatic heterocycles. The van der Waals surface area contributed by atoms with Gasteiger partial charge in [0, 0.05) is 12.2 Å². The molecule has 2 aromatic carbocycles. The molecule has 96 valence electrons. The van der Waals surface area contributed by atoms with E-state index in [1.54, 1.807) is 0 Å². The van der Waals surface area contributed by atoms with E-state index in [0.717, 1.165) is 31.2 Å². The van der Waals surface area contributed by atoms with Crippen molar-refractivity contribution in [3.05, 3.63) is 65.7 Å². The Labute approximate surface area is 113 Å². The van der Waals surface area contributed by atoms with Crippen LogP contribution in [0.3, 0.4) is 0 Å². The number of rotatable bonds is 3. The predicted octanol–water partition coefficient (Wildman–Crippen LogP) is 2.65. The van der Waals surface area contributed by atoms with Gasteiger partial charge in [0.05, 0.1) is 6.54 Å². The van der Waals surface area contributed by atoms with Gasteiger partial charge in [-0.05, 0) is 23.6 Å². The van der Waals surface area contributed by atoms with Crippen molar-refractivity contribution >= 4 is 11.6 Å². The van der Waals surface area contributed by atoms with Gasteiger partial charge in [-0.3, -0.25) is 4.99 Å². The molecule has 1 aliphatic heterocycles. The van der Waals surface area contributed by atoms with Crippen LogP contribution in [-0.2, 0) is 6.42 Å². The number of hydrogen-bond acceptors (Lipinski definition) is 3. The van der Waals surface area contributed by atoms with Crippen LogP contribution in [0, 0.1) is 0 Å². The first-order valence-electron chi connectivity index (χ1n) is 6.59. The molecule has 0 spiro atoms. The first-order valence-corrected chi connectivity index (χ1v) is 6.59. The van der Waals surface area contributed by atoms with E-state index in [0.29, 0.717) is 0 Å². The average molecular weight is 251 g/mol. The summed E-state index contributed by atoms with van der Waals surface area (Å²) < 4.78 is 0. The van der Waals surface area contributed by atoms with Crippen LogP contribution in [-0.4, -0.2) is 19.0 Å². The van der Waals surface area contributed by atoms with Gasteiger partial charge in [-0.2, -0.15) is 0 Å². The molecule has 2 N–H and O–H groups in total. The van der Waals surface area contributed by atoms with E-state index in [4.69, 9.17) is 0 Å². The molecule has 2 aromatic rings. The van der Waals surface area contributed by atoms with Crippen molar-refractivity contribution in [2.45, 2.75) is 6.42 Å². The summed E-state index contributed by atoms with van der Waals surface area (Å²) in [5.41, 5.74) is 3.72. The topological polar surface area (TPSA) is 36.4 Å². The third kappa shape index (κ3) is 2.94. The molecule has 19 heavy (non-hydrogen) atoms. The van der Waals surface area contributed by atoms with E-state index in [1.807, 2.05) is 12.1 Å². The summed E-state index contributed by atoms with van der Waals surface area (Å²) in [5.74, 6) is 0.875. The third-order valence-electron chi connectivity index (χ3n) is 3.18. The molecule has 0 fully saturated rings. The van der Waals surface area contributed by atoms with Gasteiger partial charge in [-0.15, -0.1) is 0 Å². The highest BCUT2D eigenvalue weighted by Crippen LogP contribution is 2.19. The summed E-state index contributed by atoms with van der Waals surface area (Å²) in [6.07, 6.45) is 0.928. The summed E-state index contributed by atoms with van der Waals surface area (Å²) in [7, 11) is 0. The normalized spacial score (nSPS) is 13.8. The van der Waals surface area contributed by atoms with Crippen LogP contribution in [0.1, 0.15) is 11.1 Å². The molecule has 0 aliphatic carbocycles. The van der Waals surface area contributed by atoms with Crippen molar-refractivity contribution in [2.24, 2.45) is 4.99 Å². The Bertz CT molecular complexity index is 576. The maximum Gasteiger partial charge on any atom is 0.195 e. The minimum absolute atomic E-state index is 0.850. The fraction of sp³-hybridized carbons (Fsp3) is 0.188. The van der Waals surface area contributed by atoms with Crippen LogP contribution in [0.15, 0.2) is 59.6 Å². The summed E-state index contributed by atoms with van der Waals surface area (Å²) in [4.78, 5) is 4.37. The first-order chi connectivity index (χ1) is 9.42. The molecular weight excluding hydrogens is 234 g/mol. The second-order valence-corrected chi connectivity index (χ2v) is 4.60. The maximum atomic E-state index is 4.37. The quantitative estimate of drug-likeness (QED) is 0.880. The predicted molar refractivity (Wildman–Crippen MR) is 79.6 cm³/mol. The van der Waals surface area contributed by atoms with Gasteiger partial charge in [0.15, 0.2) is 5.96 Å². The van der Waals surface area contributed by atoms with E-state index in [9.17, 15) is 0 Å². The molecule has 0 amide bonds. The third-order valence-corrected chi connectivity index (χ3v) is 3.18. The van der Waals surface area contributed by atoms with Crippen LogP contribution in [0.5, 0.6) is 0 Å². The summed E-state index contributed by atoms with van der Waals surface area (Å²) in [6.45, 7) is 1.77. The Morgan fingerprint density at radius 1 is 1.00 bits per heavy atom. The zero-order valence-electron chi connectivity index (χ0n) is 10.8.